The Morgan fingerprint density at radius 2 is 1.54 bits per heavy atom. The zero-order valence-electron chi connectivity index (χ0n) is 14.2. The largest absolute Gasteiger partial charge is 0.573 e. The Morgan fingerprint density at radius 1 is 0.962 bits per heavy atom. The highest BCUT2D eigenvalue weighted by molar-refractivity contribution is 5.74. The van der Waals surface area contributed by atoms with Crippen LogP contribution in [0.5, 0.6) is 5.75 Å². The minimum Gasteiger partial charge on any atom is -0.406 e. The molecule has 2 rings (SSSR count). The van der Waals surface area contributed by atoms with Crippen molar-refractivity contribution in [2.45, 2.75) is 38.0 Å². The molecule has 138 valence electrons. The summed E-state index contributed by atoms with van der Waals surface area (Å²) >= 11 is 0. The normalized spacial score (nSPS) is 13.7. The summed E-state index contributed by atoms with van der Waals surface area (Å²) < 4.78 is 40.7. The Hall–Kier alpha value is -2.63. The molecule has 0 saturated carbocycles. The number of aldehydes is 2. The van der Waals surface area contributed by atoms with Crippen LogP contribution < -0.4 is 4.74 Å². The van der Waals surface area contributed by atoms with Gasteiger partial charge in [0.15, 0.2) is 0 Å². The van der Waals surface area contributed by atoms with Gasteiger partial charge < -0.3 is 9.53 Å². The minimum absolute atomic E-state index is 0.132. The lowest BCUT2D eigenvalue weighted by Gasteiger charge is -2.24. The lowest BCUT2D eigenvalue weighted by atomic mass is 9.79. The van der Waals surface area contributed by atoms with Crippen molar-refractivity contribution >= 4 is 12.6 Å². The Bertz CT molecular complexity index is 721. The molecule has 0 radical (unpaired) electrons. The van der Waals surface area contributed by atoms with Crippen LogP contribution in [0.15, 0.2) is 48.5 Å². The van der Waals surface area contributed by atoms with Gasteiger partial charge in [-0.3, -0.25) is 4.79 Å². The molecule has 0 saturated heterocycles. The molecular weight excluding hydrogens is 345 g/mol. The number of halogens is 3. The van der Waals surface area contributed by atoms with E-state index in [1.807, 2.05) is 19.1 Å². The van der Waals surface area contributed by atoms with Crippen LogP contribution in [-0.4, -0.2) is 18.9 Å². The molecule has 0 aliphatic rings. The van der Waals surface area contributed by atoms with E-state index in [1.165, 1.54) is 24.3 Å². The van der Waals surface area contributed by atoms with E-state index in [0.717, 1.165) is 31.0 Å². The van der Waals surface area contributed by atoms with E-state index in [2.05, 4.69) is 4.74 Å². The van der Waals surface area contributed by atoms with Crippen LogP contribution in [0.2, 0.25) is 0 Å². The molecule has 0 amide bonds. The van der Waals surface area contributed by atoms with Gasteiger partial charge in [0.25, 0.3) is 0 Å². The van der Waals surface area contributed by atoms with Gasteiger partial charge >= 0.3 is 6.36 Å². The molecule has 2 unspecified atom stereocenters. The van der Waals surface area contributed by atoms with E-state index >= 15 is 0 Å². The first-order chi connectivity index (χ1) is 12.4. The second kappa shape index (κ2) is 8.65. The van der Waals surface area contributed by atoms with Gasteiger partial charge in [0.2, 0.25) is 0 Å². The maximum absolute atomic E-state index is 12.3. The number of alkyl halides is 3. The van der Waals surface area contributed by atoms with Crippen LogP contribution in [0.3, 0.4) is 0 Å². The van der Waals surface area contributed by atoms with Crippen molar-refractivity contribution < 1.29 is 27.5 Å². The summed E-state index contributed by atoms with van der Waals surface area (Å²) in [5.74, 6) is -0.960. The lowest BCUT2D eigenvalue weighted by Crippen LogP contribution is -2.17. The van der Waals surface area contributed by atoms with Gasteiger partial charge in [0.1, 0.15) is 18.3 Å². The van der Waals surface area contributed by atoms with Crippen LogP contribution in [-0.2, 0) is 4.79 Å². The van der Waals surface area contributed by atoms with Gasteiger partial charge in [-0.2, -0.15) is 0 Å². The summed E-state index contributed by atoms with van der Waals surface area (Å²) in [6.07, 6.45) is -1.64. The topological polar surface area (TPSA) is 43.4 Å². The van der Waals surface area contributed by atoms with Crippen molar-refractivity contribution in [3.8, 4) is 5.75 Å². The molecule has 26 heavy (non-hydrogen) atoms. The summed E-state index contributed by atoms with van der Waals surface area (Å²) in [6.45, 7) is 1.99. The Labute approximate surface area is 149 Å². The summed E-state index contributed by atoms with van der Waals surface area (Å²) in [7, 11) is 0. The summed E-state index contributed by atoms with van der Waals surface area (Å²) in [5, 5.41) is 0. The van der Waals surface area contributed by atoms with Crippen LogP contribution in [0.25, 0.3) is 0 Å². The quantitative estimate of drug-likeness (QED) is 0.600. The Kier molecular flexibility index (Phi) is 6.55. The van der Waals surface area contributed by atoms with Gasteiger partial charge in [-0.05, 0) is 35.6 Å². The van der Waals surface area contributed by atoms with Crippen LogP contribution in [0.1, 0.15) is 53.1 Å². The maximum Gasteiger partial charge on any atom is 0.573 e. The van der Waals surface area contributed by atoms with Gasteiger partial charge in [-0.25, -0.2) is 0 Å². The third-order valence-electron chi connectivity index (χ3n) is 4.18. The summed E-state index contributed by atoms with van der Waals surface area (Å²) in [4.78, 5) is 22.6. The number of carbonyl (C=O) groups is 2. The van der Waals surface area contributed by atoms with Crippen molar-refractivity contribution in [3.05, 3.63) is 65.2 Å². The van der Waals surface area contributed by atoms with Crippen molar-refractivity contribution in [3.63, 3.8) is 0 Å². The van der Waals surface area contributed by atoms with Crippen molar-refractivity contribution in [2.24, 2.45) is 0 Å². The van der Waals surface area contributed by atoms with Crippen molar-refractivity contribution in [1.29, 1.82) is 0 Å². The van der Waals surface area contributed by atoms with Crippen LogP contribution in [0.4, 0.5) is 13.2 Å². The fourth-order valence-corrected chi connectivity index (χ4v) is 2.98. The molecule has 3 nitrogen and oxygen atoms in total. The number of hydrogen-bond donors (Lipinski definition) is 0. The van der Waals surface area contributed by atoms with Crippen LogP contribution >= 0.6 is 0 Å². The molecular formula is C20H19F3O3. The summed E-state index contributed by atoms with van der Waals surface area (Å²) in [6, 6.07) is 12.4. The molecule has 0 fully saturated rings. The molecule has 0 aliphatic carbocycles. The molecule has 2 aromatic rings. The number of carbonyl (C=O) groups excluding carboxylic acids is 2. The number of ether oxygens (including phenoxy) is 1. The zero-order valence-corrected chi connectivity index (χ0v) is 14.2. The van der Waals surface area contributed by atoms with E-state index in [9.17, 15) is 22.8 Å². The van der Waals surface area contributed by atoms with Gasteiger partial charge in [-0.1, -0.05) is 49.7 Å². The number of rotatable bonds is 8. The van der Waals surface area contributed by atoms with Gasteiger partial charge in [0.05, 0.1) is 0 Å². The molecule has 6 heteroatoms. The fraction of sp³-hybridized carbons (Fsp3) is 0.300. The standard InChI is InChI=1S/C20H19F3O3/c1-2-3-18(15-6-4-14(12-24)5-7-15)19(13-25)16-8-10-17(11-9-16)26-20(21,22)23/h4-13,18-19H,2-3H2,1H3. The number of hydrogen-bond acceptors (Lipinski definition) is 3. The molecule has 2 aromatic carbocycles. The van der Waals surface area contributed by atoms with E-state index in [1.54, 1.807) is 12.1 Å². The van der Waals surface area contributed by atoms with E-state index in [0.29, 0.717) is 11.1 Å². The fourth-order valence-electron chi connectivity index (χ4n) is 2.98. The average Bonchev–Trinajstić information content (AvgIpc) is 2.62. The highest BCUT2D eigenvalue weighted by Gasteiger charge is 2.31. The summed E-state index contributed by atoms with van der Waals surface area (Å²) in [5.41, 5.74) is 2.07. The molecule has 0 aliphatic heterocycles. The molecule has 0 N–H and O–H groups in total. The van der Waals surface area contributed by atoms with Gasteiger partial charge in [0, 0.05) is 11.5 Å². The Morgan fingerprint density at radius 3 is 2.00 bits per heavy atom. The highest BCUT2D eigenvalue weighted by atomic mass is 19.4. The Balaban J connectivity index is 2.29. The predicted molar refractivity (Wildman–Crippen MR) is 91.4 cm³/mol. The first kappa shape index (κ1) is 19.7. The molecule has 2 atom stereocenters. The monoisotopic (exact) mass is 364 g/mol. The molecule has 0 heterocycles. The molecule has 0 aromatic heterocycles. The first-order valence-corrected chi connectivity index (χ1v) is 8.24. The highest BCUT2D eigenvalue weighted by Crippen LogP contribution is 2.36. The van der Waals surface area contributed by atoms with Crippen molar-refractivity contribution in [2.75, 3.05) is 0 Å². The smallest absolute Gasteiger partial charge is 0.406 e. The zero-order chi connectivity index (χ0) is 19.2. The first-order valence-electron chi connectivity index (χ1n) is 8.24. The number of benzene rings is 2. The molecule has 0 bridgehead atoms. The molecule has 0 spiro atoms. The predicted octanol–water partition coefficient (Wildman–Crippen LogP) is 5.26. The SMILES string of the molecule is CCCC(c1ccc(C=O)cc1)C(C=O)c1ccc(OC(F)(F)F)cc1. The van der Waals surface area contributed by atoms with Crippen LogP contribution in [0, 0.1) is 0 Å². The lowest BCUT2D eigenvalue weighted by molar-refractivity contribution is -0.274. The second-order valence-corrected chi connectivity index (χ2v) is 5.96. The van der Waals surface area contributed by atoms with Crippen molar-refractivity contribution in [1.82, 2.24) is 0 Å². The third kappa shape index (κ3) is 5.18. The minimum atomic E-state index is -4.75. The second-order valence-electron chi connectivity index (χ2n) is 5.96. The maximum atomic E-state index is 12.3. The van der Waals surface area contributed by atoms with E-state index in [4.69, 9.17) is 0 Å². The van der Waals surface area contributed by atoms with E-state index < -0.39 is 12.3 Å². The average molecular weight is 364 g/mol. The van der Waals surface area contributed by atoms with E-state index in [-0.39, 0.29) is 11.7 Å². The van der Waals surface area contributed by atoms with Gasteiger partial charge in [-0.15, -0.1) is 13.2 Å². The third-order valence-corrected chi connectivity index (χ3v) is 4.18.